The highest BCUT2D eigenvalue weighted by Crippen LogP contribution is 2.32. The molecule has 4 nitrogen and oxygen atoms in total. The first-order chi connectivity index (χ1) is 11.8. The molecule has 0 N–H and O–H groups in total. The number of rotatable bonds is 6. The third-order valence-corrected chi connectivity index (χ3v) is 4.53. The smallest absolute Gasteiger partial charge is 0.231 e. The molecular formula is C21H26BrNO3. The van der Waals surface area contributed by atoms with E-state index in [1.165, 1.54) is 16.7 Å². The van der Waals surface area contributed by atoms with Gasteiger partial charge in [-0.3, -0.25) is 4.79 Å². The summed E-state index contributed by atoms with van der Waals surface area (Å²) in [4.78, 5) is 12.5. The van der Waals surface area contributed by atoms with Crippen LogP contribution in [-0.4, -0.2) is 37.7 Å². The first kappa shape index (κ1) is 20.5. The number of Topliss-reactive ketones (excluding diaryl/α,β-unsaturated/α-hetero) is 1. The second kappa shape index (κ2) is 8.23. The predicted octanol–water partition coefficient (Wildman–Crippen LogP) is 0.886. The van der Waals surface area contributed by atoms with E-state index in [0.717, 1.165) is 17.6 Å². The minimum atomic E-state index is 0. The van der Waals surface area contributed by atoms with E-state index >= 15 is 0 Å². The van der Waals surface area contributed by atoms with Gasteiger partial charge < -0.3 is 30.9 Å². The van der Waals surface area contributed by atoms with Gasteiger partial charge in [0, 0.05) is 11.1 Å². The Morgan fingerprint density at radius 2 is 1.65 bits per heavy atom. The van der Waals surface area contributed by atoms with Crippen LogP contribution >= 0.6 is 0 Å². The number of carbonyl (C=O) groups excluding carboxylic acids is 1. The molecule has 1 aliphatic rings. The third kappa shape index (κ3) is 5.08. The van der Waals surface area contributed by atoms with E-state index in [0.29, 0.717) is 23.5 Å². The normalized spacial score (nSPS) is 12.6. The molecule has 0 amide bonds. The van der Waals surface area contributed by atoms with Crippen molar-refractivity contribution >= 4 is 5.78 Å². The second-order valence-corrected chi connectivity index (χ2v) is 7.55. The Morgan fingerprint density at radius 1 is 1.00 bits per heavy atom. The third-order valence-electron chi connectivity index (χ3n) is 4.53. The molecule has 140 valence electrons. The number of ether oxygens (including phenoxy) is 2. The number of carbonyl (C=O) groups is 1. The van der Waals surface area contributed by atoms with Gasteiger partial charge in [-0.25, -0.2) is 0 Å². The molecule has 0 bridgehead atoms. The molecule has 0 fully saturated rings. The van der Waals surface area contributed by atoms with Crippen LogP contribution in [0.25, 0.3) is 0 Å². The van der Waals surface area contributed by atoms with E-state index in [9.17, 15) is 4.79 Å². The highest BCUT2D eigenvalue weighted by molar-refractivity contribution is 5.96. The van der Waals surface area contributed by atoms with E-state index in [2.05, 4.69) is 46.1 Å². The fourth-order valence-corrected chi connectivity index (χ4v) is 3.35. The SMILES string of the molecule is Cc1cc(C)cc(C[N+](C)(C)CCC(=O)c2ccc3c(c2)OCO3)c1.[Br-]. The van der Waals surface area contributed by atoms with Gasteiger partial charge in [-0.05, 0) is 32.0 Å². The van der Waals surface area contributed by atoms with Gasteiger partial charge in [0.1, 0.15) is 6.54 Å². The van der Waals surface area contributed by atoms with Crippen LogP contribution in [0.2, 0.25) is 0 Å². The van der Waals surface area contributed by atoms with Crippen molar-refractivity contribution in [2.75, 3.05) is 27.4 Å². The van der Waals surface area contributed by atoms with Crippen molar-refractivity contribution in [1.29, 1.82) is 0 Å². The number of hydrogen-bond donors (Lipinski definition) is 0. The average molecular weight is 420 g/mol. The summed E-state index contributed by atoms with van der Waals surface area (Å²) in [5, 5.41) is 0. The topological polar surface area (TPSA) is 35.5 Å². The molecule has 2 aromatic carbocycles. The number of nitrogens with zero attached hydrogens (tertiary/aromatic N) is 1. The lowest BCUT2D eigenvalue weighted by molar-refractivity contribution is -0.903. The van der Waals surface area contributed by atoms with Crippen molar-refractivity contribution in [2.45, 2.75) is 26.8 Å². The number of aryl methyl sites for hydroxylation is 2. The van der Waals surface area contributed by atoms with E-state index in [-0.39, 0.29) is 29.6 Å². The van der Waals surface area contributed by atoms with Gasteiger partial charge in [0.15, 0.2) is 17.3 Å². The average Bonchev–Trinajstić information content (AvgIpc) is 2.98. The zero-order valence-corrected chi connectivity index (χ0v) is 17.4. The van der Waals surface area contributed by atoms with Crippen molar-refractivity contribution in [3.63, 3.8) is 0 Å². The molecule has 26 heavy (non-hydrogen) atoms. The van der Waals surface area contributed by atoms with Crippen LogP contribution in [-0.2, 0) is 6.54 Å². The molecular weight excluding hydrogens is 394 g/mol. The molecule has 0 aromatic heterocycles. The van der Waals surface area contributed by atoms with E-state index in [4.69, 9.17) is 9.47 Å². The lowest BCUT2D eigenvalue weighted by atomic mass is 10.0. The maximum atomic E-state index is 12.5. The van der Waals surface area contributed by atoms with Crippen molar-refractivity contribution in [2.24, 2.45) is 0 Å². The number of fused-ring (bicyclic) bond motifs is 1. The molecule has 0 radical (unpaired) electrons. The Labute approximate surface area is 166 Å². The minimum Gasteiger partial charge on any atom is -1.00 e. The standard InChI is InChI=1S/C21H26NO3.BrH/c1-15-9-16(2)11-17(10-15)13-22(3,4)8-7-19(23)18-5-6-20-21(12-18)25-14-24-20;/h5-6,9-12H,7-8,13-14H2,1-4H3;1H/q+1;/p-1. The summed E-state index contributed by atoms with van der Waals surface area (Å²) in [5.74, 6) is 1.52. The molecule has 1 aliphatic heterocycles. The fraction of sp³-hybridized carbons (Fsp3) is 0.381. The van der Waals surface area contributed by atoms with Crippen molar-refractivity contribution < 1.29 is 35.7 Å². The van der Waals surface area contributed by atoms with Gasteiger partial charge >= 0.3 is 0 Å². The van der Waals surface area contributed by atoms with E-state index in [1.54, 1.807) is 6.07 Å². The highest BCUT2D eigenvalue weighted by Gasteiger charge is 2.21. The van der Waals surface area contributed by atoms with Crippen molar-refractivity contribution in [3.8, 4) is 11.5 Å². The molecule has 0 spiro atoms. The monoisotopic (exact) mass is 419 g/mol. The minimum absolute atomic E-state index is 0. The molecule has 0 unspecified atom stereocenters. The Hall–Kier alpha value is -1.85. The zero-order chi connectivity index (χ0) is 18.0. The zero-order valence-electron chi connectivity index (χ0n) is 15.8. The van der Waals surface area contributed by atoms with E-state index < -0.39 is 0 Å². The highest BCUT2D eigenvalue weighted by atomic mass is 79.9. The molecule has 0 saturated carbocycles. The summed E-state index contributed by atoms with van der Waals surface area (Å²) >= 11 is 0. The number of halogens is 1. The summed E-state index contributed by atoms with van der Waals surface area (Å²) in [5.41, 5.74) is 4.58. The van der Waals surface area contributed by atoms with Gasteiger partial charge in [-0.2, -0.15) is 0 Å². The van der Waals surface area contributed by atoms with Gasteiger partial charge in [-0.15, -0.1) is 0 Å². The number of hydrogen-bond acceptors (Lipinski definition) is 3. The maximum absolute atomic E-state index is 12.5. The summed E-state index contributed by atoms with van der Waals surface area (Å²) < 4.78 is 11.4. The summed E-state index contributed by atoms with van der Waals surface area (Å²) in [6.07, 6.45) is 0.511. The number of benzene rings is 2. The molecule has 0 aliphatic carbocycles. The van der Waals surface area contributed by atoms with Crippen molar-refractivity contribution in [3.05, 3.63) is 58.7 Å². The predicted molar refractivity (Wildman–Crippen MR) is 98.1 cm³/mol. The fourth-order valence-electron chi connectivity index (χ4n) is 3.35. The van der Waals surface area contributed by atoms with E-state index in [1.807, 2.05) is 12.1 Å². The van der Waals surface area contributed by atoms with Crippen molar-refractivity contribution in [1.82, 2.24) is 0 Å². The Balaban J connectivity index is 0.00000243. The molecule has 0 atom stereocenters. The lowest BCUT2D eigenvalue weighted by Crippen LogP contribution is -3.00. The van der Waals surface area contributed by atoms with Crippen LogP contribution in [0.15, 0.2) is 36.4 Å². The van der Waals surface area contributed by atoms with Gasteiger partial charge in [0.05, 0.1) is 27.1 Å². The Kier molecular flexibility index (Phi) is 6.48. The summed E-state index contributed by atoms with van der Waals surface area (Å²) in [7, 11) is 4.34. The molecule has 2 aromatic rings. The quantitative estimate of drug-likeness (QED) is 0.515. The van der Waals surface area contributed by atoms with Gasteiger partial charge in [0.2, 0.25) is 6.79 Å². The van der Waals surface area contributed by atoms with Crippen LogP contribution in [0.1, 0.15) is 33.5 Å². The Bertz CT molecular complexity index is 782. The first-order valence-corrected chi connectivity index (χ1v) is 8.64. The Morgan fingerprint density at radius 3 is 2.35 bits per heavy atom. The number of quaternary nitrogens is 1. The number of ketones is 1. The van der Waals surface area contributed by atoms with Crippen LogP contribution in [0.3, 0.4) is 0 Å². The second-order valence-electron chi connectivity index (χ2n) is 7.55. The van der Waals surface area contributed by atoms with Gasteiger partial charge in [-0.1, -0.05) is 29.3 Å². The van der Waals surface area contributed by atoms with Crippen LogP contribution in [0.5, 0.6) is 11.5 Å². The van der Waals surface area contributed by atoms with Crippen LogP contribution < -0.4 is 26.5 Å². The van der Waals surface area contributed by atoms with Crippen LogP contribution in [0, 0.1) is 13.8 Å². The maximum Gasteiger partial charge on any atom is 0.231 e. The molecule has 0 saturated heterocycles. The largest absolute Gasteiger partial charge is 1.00 e. The summed E-state index contributed by atoms with van der Waals surface area (Å²) in [6.45, 7) is 6.18. The molecule has 3 rings (SSSR count). The van der Waals surface area contributed by atoms with Gasteiger partial charge in [0.25, 0.3) is 0 Å². The lowest BCUT2D eigenvalue weighted by Gasteiger charge is -2.30. The van der Waals surface area contributed by atoms with Crippen LogP contribution in [0.4, 0.5) is 0 Å². The first-order valence-electron chi connectivity index (χ1n) is 8.64. The molecule has 1 heterocycles. The molecule has 5 heteroatoms. The summed E-state index contributed by atoms with van der Waals surface area (Å²) in [6, 6.07) is 12.1.